The fourth-order valence-corrected chi connectivity index (χ4v) is 3.65. The van der Waals surface area contributed by atoms with E-state index in [0.717, 1.165) is 0 Å². The summed E-state index contributed by atoms with van der Waals surface area (Å²) in [6.45, 7) is -1.69. The van der Waals surface area contributed by atoms with E-state index >= 15 is 0 Å². The number of nitrogens with two attached hydrogens (primary N) is 1. The highest BCUT2D eigenvalue weighted by atomic mass is 31.2. The molecule has 27 heavy (non-hydrogen) atoms. The van der Waals surface area contributed by atoms with Crippen molar-refractivity contribution >= 4 is 24.8 Å². The van der Waals surface area contributed by atoms with Crippen molar-refractivity contribution in [3.8, 4) is 0 Å². The molecular weight excluding hydrogens is 385 g/mol. The van der Waals surface area contributed by atoms with Crippen LogP contribution in [0.15, 0.2) is 12.7 Å². The van der Waals surface area contributed by atoms with E-state index in [4.69, 9.17) is 20.1 Å². The second-order valence-electron chi connectivity index (χ2n) is 5.88. The minimum Gasteiger partial charge on any atom is -0.394 e. The van der Waals surface area contributed by atoms with Gasteiger partial charge in [-0.3, -0.25) is 13.6 Å². The largest absolute Gasteiger partial charge is 0.472 e. The highest BCUT2D eigenvalue weighted by Gasteiger charge is 2.42. The van der Waals surface area contributed by atoms with Crippen LogP contribution in [0.3, 0.4) is 0 Å². The van der Waals surface area contributed by atoms with Gasteiger partial charge in [-0.05, 0) is 0 Å². The van der Waals surface area contributed by atoms with Crippen LogP contribution in [0, 0.1) is 0 Å². The summed E-state index contributed by atoms with van der Waals surface area (Å²) in [5.74, 6) is 0.193. The van der Waals surface area contributed by atoms with Crippen LogP contribution in [0.4, 0.5) is 5.82 Å². The molecule has 2 aromatic heterocycles. The molecule has 1 aliphatic rings. The number of rotatable bonds is 8. The van der Waals surface area contributed by atoms with Crippen molar-refractivity contribution in [1.82, 2.24) is 19.5 Å². The minimum absolute atomic E-state index is 0.0943. The molecule has 5 atom stereocenters. The van der Waals surface area contributed by atoms with Gasteiger partial charge < -0.3 is 30.7 Å². The predicted molar refractivity (Wildman–Crippen MR) is 89.1 cm³/mol. The van der Waals surface area contributed by atoms with Gasteiger partial charge in [0.2, 0.25) is 0 Å². The van der Waals surface area contributed by atoms with Gasteiger partial charge in [-0.1, -0.05) is 0 Å². The zero-order valence-corrected chi connectivity index (χ0v) is 14.9. The third-order valence-electron chi connectivity index (χ3n) is 3.97. The lowest BCUT2D eigenvalue weighted by atomic mass is 10.2. The van der Waals surface area contributed by atoms with Crippen LogP contribution in [0.2, 0.25) is 0 Å². The summed E-state index contributed by atoms with van der Waals surface area (Å²) in [5.41, 5.74) is 6.52. The Morgan fingerprint density at radius 1 is 1.41 bits per heavy atom. The fraction of sp³-hybridized carbons (Fsp3) is 0.615. The number of fused-ring (bicyclic) bond motifs is 1. The van der Waals surface area contributed by atoms with Crippen molar-refractivity contribution in [2.45, 2.75) is 31.0 Å². The fourth-order valence-electron chi connectivity index (χ4n) is 2.66. The van der Waals surface area contributed by atoms with Crippen molar-refractivity contribution < 1.29 is 38.6 Å². The van der Waals surface area contributed by atoms with E-state index in [-0.39, 0.29) is 12.2 Å². The summed E-state index contributed by atoms with van der Waals surface area (Å²) in [4.78, 5) is 21.8. The van der Waals surface area contributed by atoms with Gasteiger partial charge in [-0.2, -0.15) is 0 Å². The Morgan fingerprint density at radius 3 is 2.89 bits per heavy atom. The van der Waals surface area contributed by atoms with Gasteiger partial charge in [0.15, 0.2) is 11.5 Å². The Labute approximate surface area is 153 Å². The molecule has 0 radical (unpaired) electrons. The van der Waals surface area contributed by atoms with Crippen molar-refractivity contribution in [3.05, 3.63) is 12.7 Å². The molecule has 0 aromatic carbocycles. The Bertz CT molecular complexity index is 834. The van der Waals surface area contributed by atoms with E-state index in [0.29, 0.717) is 11.2 Å². The van der Waals surface area contributed by atoms with Crippen LogP contribution in [0.25, 0.3) is 11.2 Å². The molecule has 1 saturated heterocycles. The van der Waals surface area contributed by atoms with E-state index in [2.05, 4.69) is 19.5 Å². The average Bonchev–Trinajstić information content (AvgIpc) is 3.23. The van der Waals surface area contributed by atoms with Gasteiger partial charge >= 0.3 is 7.82 Å². The topological polar surface area (TPSA) is 195 Å². The Hall–Kier alpha value is -1.70. The molecule has 13 nitrogen and oxygen atoms in total. The molecule has 0 saturated carbocycles. The van der Waals surface area contributed by atoms with Gasteiger partial charge in [-0.15, -0.1) is 0 Å². The third-order valence-corrected chi connectivity index (χ3v) is 4.98. The molecular formula is C13H20N5O8P. The maximum absolute atomic E-state index is 12.0. The van der Waals surface area contributed by atoms with Crippen LogP contribution in [-0.2, 0) is 18.3 Å². The molecule has 1 aliphatic heterocycles. The molecule has 1 fully saturated rings. The van der Waals surface area contributed by atoms with Gasteiger partial charge in [-0.25, -0.2) is 19.5 Å². The highest BCUT2D eigenvalue weighted by molar-refractivity contribution is 7.47. The first-order chi connectivity index (χ1) is 12.8. The Kier molecular flexibility index (Phi) is 6.03. The molecule has 0 aliphatic carbocycles. The molecule has 3 rings (SSSR count). The summed E-state index contributed by atoms with van der Waals surface area (Å²) in [7, 11) is -4.55. The number of imidazole rings is 1. The lowest BCUT2D eigenvalue weighted by molar-refractivity contribution is -0.0454. The summed E-state index contributed by atoms with van der Waals surface area (Å²) in [6.07, 6.45) is -1.09. The van der Waals surface area contributed by atoms with Crippen molar-refractivity contribution in [2.75, 3.05) is 25.6 Å². The maximum Gasteiger partial charge on any atom is 0.472 e. The maximum atomic E-state index is 12.0. The number of phosphoric acid groups is 1. The van der Waals surface area contributed by atoms with Crippen LogP contribution >= 0.6 is 7.82 Å². The minimum atomic E-state index is -4.55. The number of aliphatic hydroxyl groups excluding tert-OH is 3. The average molecular weight is 405 g/mol. The highest BCUT2D eigenvalue weighted by Crippen LogP contribution is 2.48. The molecule has 0 spiro atoms. The summed E-state index contributed by atoms with van der Waals surface area (Å²) < 4.78 is 29.0. The Balaban J connectivity index is 1.73. The van der Waals surface area contributed by atoms with E-state index in [1.165, 1.54) is 12.7 Å². The first-order valence-corrected chi connectivity index (χ1v) is 9.48. The molecule has 0 amide bonds. The number of phosphoric ester groups is 1. The second-order valence-corrected chi connectivity index (χ2v) is 7.28. The zero-order valence-electron chi connectivity index (χ0n) is 14.0. The summed E-state index contributed by atoms with van der Waals surface area (Å²) in [5, 5.41) is 27.4. The van der Waals surface area contributed by atoms with E-state index in [1.54, 1.807) is 4.57 Å². The number of hydrogen-bond donors (Lipinski definition) is 5. The van der Waals surface area contributed by atoms with Crippen LogP contribution in [-0.4, -0.2) is 77.9 Å². The molecule has 150 valence electrons. The lowest BCUT2D eigenvalue weighted by Crippen LogP contribution is -2.28. The second kappa shape index (κ2) is 8.12. The molecule has 6 N–H and O–H groups in total. The third kappa shape index (κ3) is 4.42. The van der Waals surface area contributed by atoms with Crippen LogP contribution in [0.5, 0.6) is 0 Å². The van der Waals surface area contributed by atoms with E-state index < -0.39 is 52.2 Å². The summed E-state index contributed by atoms with van der Waals surface area (Å²) in [6, 6.07) is 0. The van der Waals surface area contributed by atoms with Crippen LogP contribution in [0.1, 0.15) is 12.6 Å². The van der Waals surface area contributed by atoms with Crippen molar-refractivity contribution in [3.63, 3.8) is 0 Å². The number of nitrogens with zero attached hydrogens (tertiary/aromatic N) is 4. The monoisotopic (exact) mass is 405 g/mol. The first-order valence-electron chi connectivity index (χ1n) is 7.98. The SMILES string of the molecule is Nc1ncnc2c1ncn2[C@H]1C[C@H](OP(=O)(O)OC[C@H](O)CO)[C@@H](CO)O1. The van der Waals surface area contributed by atoms with Gasteiger partial charge in [0, 0.05) is 6.42 Å². The van der Waals surface area contributed by atoms with E-state index in [1.807, 2.05) is 0 Å². The molecule has 0 bridgehead atoms. The standard InChI is InChI=1S/C13H20N5O8P/c14-12-11-13(16-5-15-12)18(6-17-11)10-1-8(9(3-20)25-10)26-27(22,23)24-4-7(21)2-19/h5-10,19-21H,1-4H2,(H,22,23)(H2,14,15,16)/t7-,8+,9-,10-/m1/s1. The number of aromatic nitrogens is 4. The van der Waals surface area contributed by atoms with Crippen molar-refractivity contribution in [2.24, 2.45) is 0 Å². The normalized spacial score (nSPS) is 26.3. The lowest BCUT2D eigenvalue weighted by Gasteiger charge is -2.20. The molecule has 14 heteroatoms. The number of aliphatic hydroxyl groups is 3. The number of anilines is 1. The first kappa shape index (κ1) is 20.0. The quantitative estimate of drug-likeness (QED) is 0.321. The summed E-state index contributed by atoms with van der Waals surface area (Å²) >= 11 is 0. The Morgan fingerprint density at radius 2 is 2.19 bits per heavy atom. The predicted octanol–water partition coefficient (Wildman–Crippen LogP) is -1.46. The number of ether oxygens (including phenoxy) is 1. The van der Waals surface area contributed by atoms with Gasteiger partial charge in [0.25, 0.3) is 0 Å². The van der Waals surface area contributed by atoms with Crippen LogP contribution < -0.4 is 5.73 Å². The zero-order chi connectivity index (χ0) is 19.6. The molecule has 2 aromatic rings. The van der Waals surface area contributed by atoms with E-state index in [9.17, 15) is 19.7 Å². The molecule has 3 heterocycles. The smallest absolute Gasteiger partial charge is 0.394 e. The number of nitrogen functional groups attached to an aromatic ring is 1. The molecule has 1 unspecified atom stereocenters. The van der Waals surface area contributed by atoms with Gasteiger partial charge in [0.1, 0.15) is 36.4 Å². The number of hydrogen-bond acceptors (Lipinski definition) is 11. The van der Waals surface area contributed by atoms with Crippen molar-refractivity contribution in [1.29, 1.82) is 0 Å². The van der Waals surface area contributed by atoms with Gasteiger partial charge in [0.05, 0.1) is 26.1 Å².